The van der Waals surface area contributed by atoms with Crippen molar-refractivity contribution >= 4 is 27.7 Å². The number of nitrogens with zero attached hydrogens (tertiary/aromatic N) is 2. The van der Waals surface area contributed by atoms with E-state index in [2.05, 4.69) is 21.0 Å². The van der Waals surface area contributed by atoms with Gasteiger partial charge in [0.05, 0.1) is 0 Å². The van der Waals surface area contributed by atoms with Gasteiger partial charge in [0.15, 0.2) is 0 Å². The van der Waals surface area contributed by atoms with Gasteiger partial charge in [-0.05, 0) is 22.0 Å². The third-order valence-corrected chi connectivity index (χ3v) is 1.14. The molecule has 0 spiro atoms. The van der Waals surface area contributed by atoms with E-state index in [4.69, 9.17) is 11.8 Å². The zero-order valence-electron chi connectivity index (χ0n) is 3.31. The van der Waals surface area contributed by atoms with Gasteiger partial charge < -0.3 is 0 Å². The Labute approximate surface area is 54.3 Å². The van der Waals surface area contributed by atoms with Crippen molar-refractivity contribution in [3.63, 3.8) is 0 Å². The molecule has 4 heteroatoms. The Balaban J connectivity index is 3.04. The van der Waals surface area contributed by atoms with E-state index in [1.807, 2.05) is 0 Å². The maximum atomic E-state index is 5.34. The van der Waals surface area contributed by atoms with E-state index in [1.165, 1.54) is 4.20 Å². The molecule has 0 fully saturated rings. The first-order chi connectivity index (χ1) is 3.29. The standard InChI is InChI=1S/C3H2BrClN2/c4-3-1-2-7(5)6-3/h1-2H. The van der Waals surface area contributed by atoms with Gasteiger partial charge in [0, 0.05) is 18.0 Å². The molecular formula is C3H2BrClN2. The molecule has 7 heavy (non-hydrogen) atoms. The number of hydrogen-bond acceptors (Lipinski definition) is 1. The van der Waals surface area contributed by atoms with E-state index in [0.717, 1.165) is 4.60 Å². The Hall–Kier alpha value is -0.0200. The van der Waals surface area contributed by atoms with Crippen LogP contribution in [-0.2, 0) is 0 Å². The van der Waals surface area contributed by atoms with Crippen LogP contribution in [0.25, 0.3) is 0 Å². The highest BCUT2D eigenvalue weighted by atomic mass is 79.9. The predicted octanol–water partition coefficient (Wildman–Crippen LogP) is 1.65. The molecule has 0 saturated carbocycles. The first-order valence-corrected chi connectivity index (χ1v) is 2.79. The summed E-state index contributed by atoms with van der Waals surface area (Å²) in [7, 11) is 0. The zero-order valence-corrected chi connectivity index (χ0v) is 5.65. The van der Waals surface area contributed by atoms with Crippen molar-refractivity contribution in [2.45, 2.75) is 0 Å². The van der Waals surface area contributed by atoms with Crippen molar-refractivity contribution in [1.82, 2.24) is 9.30 Å². The third kappa shape index (κ3) is 1.17. The number of aromatic nitrogens is 2. The van der Waals surface area contributed by atoms with Gasteiger partial charge in [-0.2, -0.15) is 4.20 Å². The first-order valence-electron chi connectivity index (χ1n) is 1.66. The molecule has 0 bridgehead atoms. The van der Waals surface area contributed by atoms with E-state index >= 15 is 0 Å². The molecule has 0 aliphatic heterocycles. The summed E-state index contributed by atoms with van der Waals surface area (Å²) in [6.07, 6.45) is 1.64. The average Bonchev–Trinajstić information content (AvgIpc) is 1.87. The molecule has 0 unspecified atom stereocenters. The van der Waals surface area contributed by atoms with Crippen LogP contribution in [0.5, 0.6) is 0 Å². The molecule has 0 saturated heterocycles. The molecule has 1 aromatic rings. The van der Waals surface area contributed by atoms with Crippen LogP contribution in [0.15, 0.2) is 16.9 Å². The lowest BCUT2D eigenvalue weighted by molar-refractivity contribution is 0.978. The lowest BCUT2D eigenvalue weighted by Crippen LogP contribution is -1.75. The molecule has 2 nitrogen and oxygen atoms in total. The maximum Gasteiger partial charge on any atom is 0.129 e. The van der Waals surface area contributed by atoms with Crippen LogP contribution in [0.1, 0.15) is 0 Å². The van der Waals surface area contributed by atoms with Crippen molar-refractivity contribution in [3.05, 3.63) is 16.9 Å². The molecule has 0 N–H and O–H groups in total. The van der Waals surface area contributed by atoms with Gasteiger partial charge in [-0.3, -0.25) is 0 Å². The van der Waals surface area contributed by atoms with Crippen LogP contribution in [0.4, 0.5) is 0 Å². The summed E-state index contributed by atoms with van der Waals surface area (Å²) >= 11 is 8.45. The molecule has 0 radical (unpaired) electrons. The molecule has 0 aliphatic carbocycles. The van der Waals surface area contributed by atoms with Gasteiger partial charge >= 0.3 is 0 Å². The van der Waals surface area contributed by atoms with Crippen molar-refractivity contribution in [1.29, 1.82) is 0 Å². The molecule has 38 valence electrons. The fourth-order valence-electron chi connectivity index (χ4n) is 0.281. The summed E-state index contributed by atoms with van der Waals surface area (Å²) in [5.74, 6) is 0. The minimum absolute atomic E-state index is 0.752. The summed E-state index contributed by atoms with van der Waals surface area (Å²) in [5, 5.41) is 3.71. The first kappa shape index (κ1) is 5.12. The van der Waals surface area contributed by atoms with Gasteiger partial charge in [-0.15, -0.1) is 5.10 Å². The monoisotopic (exact) mass is 180 g/mol. The molecule has 0 amide bonds. The normalized spacial score (nSPS) is 9.43. The highest BCUT2D eigenvalue weighted by Gasteiger charge is 1.86. The highest BCUT2D eigenvalue weighted by molar-refractivity contribution is 9.10. The van der Waals surface area contributed by atoms with Gasteiger partial charge in [-0.1, -0.05) is 0 Å². The third-order valence-electron chi connectivity index (χ3n) is 0.526. The van der Waals surface area contributed by atoms with E-state index in [0.29, 0.717) is 0 Å². The van der Waals surface area contributed by atoms with Crippen molar-refractivity contribution in [2.24, 2.45) is 0 Å². The molecule has 1 heterocycles. The van der Waals surface area contributed by atoms with E-state index in [1.54, 1.807) is 12.3 Å². The SMILES string of the molecule is Cln1ccc(Br)n1. The lowest BCUT2D eigenvalue weighted by atomic mass is 10.8. The number of halogens is 2. The summed E-state index contributed by atoms with van der Waals surface area (Å²) in [6, 6.07) is 1.76. The summed E-state index contributed by atoms with van der Waals surface area (Å²) < 4.78 is 1.96. The average molecular weight is 181 g/mol. The fraction of sp³-hybridized carbons (Fsp3) is 0. The van der Waals surface area contributed by atoms with Crippen LogP contribution in [-0.4, -0.2) is 9.30 Å². The Morgan fingerprint density at radius 3 is 2.71 bits per heavy atom. The number of hydrogen-bond donors (Lipinski definition) is 0. The highest BCUT2D eigenvalue weighted by Crippen LogP contribution is 2.03. The van der Waals surface area contributed by atoms with Gasteiger partial charge in [0.1, 0.15) is 4.60 Å². The minimum atomic E-state index is 0.752. The molecule has 0 atom stereocenters. The van der Waals surface area contributed by atoms with Crippen LogP contribution in [0, 0.1) is 0 Å². The summed E-state index contributed by atoms with van der Waals surface area (Å²) in [6.45, 7) is 0. The Morgan fingerprint density at radius 1 is 1.86 bits per heavy atom. The molecule has 1 rings (SSSR count). The fourth-order valence-corrected chi connectivity index (χ4v) is 0.799. The topological polar surface area (TPSA) is 17.8 Å². The quantitative estimate of drug-likeness (QED) is 0.595. The van der Waals surface area contributed by atoms with Crippen molar-refractivity contribution < 1.29 is 0 Å². The minimum Gasteiger partial charge on any atom is -0.179 e. The second kappa shape index (κ2) is 1.84. The van der Waals surface area contributed by atoms with Crippen LogP contribution < -0.4 is 0 Å². The smallest absolute Gasteiger partial charge is 0.129 e. The summed E-state index contributed by atoms with van der Waals surface area (Å²) in [5.41, 5.74) is 0. The second-order valence-corrected chi connectivity index (χ2v) is 2.19. The molecule has 0 aliphatic rings. The van der Waals surface area contributed by atoms with Crippen molar-refractivity contribution in [3.8, 4) is 0 Å². The van der Waals surface area contributed by atoms with Crippen LogP contribution >= 0.6 is 27.7 Å². The second-order valence-electron chi connectivity index (χ2n) is 1.03. The zero-order chi connectivity index (χ0) is 5.28. The largest absolute Gasteiger partial charge is 0.179 e. The van der Waals surface area contributed by atoms with Gasteiger partial charge in [0.2, 0.25) is 0 Å². The van der Waals surface area contributed by atoms with Crippen molar-refractivity contribution in [2.75, 3.05) is 0 Å². The van der Waals surface area contributed by atoms with Crippen LogP contribution in [0.2, 0.25) is 0 Å². The molecule has 1 aromatic heterocycles. The molecule has 0 aromatic carbocycles. The summed E-state index contributed by atoms with van der Waals surface area (Å²) in [4.78, 5) is 0. The van der Waals surface area contributed by atoms with Gasteiger partial charge in [-0.25, -0.2) is 0 Å². The van der Waals surface area contributed by atoms with E-state index in [-0.39, 0.29) is 0 Å². The van der Waals surface area contributed by atoms with E-state index < -0.39 is 0 Å². The van der Waals surface area contributed by atoms with Gasteiger partial charge in [0.25, 0.3) is 0 Å². The lowest BCUT2D eigenvalue weighted by Gasteiger charge is -1.74. The predicted molar refractivity (Wildman–Crippen MR) is 31.2 cm³/mol. The Kier molecular flexibility index (Phi) is 1.35. The molecular weight excluding hydrogens is 179 g/mol. The van der Waals surface area contributed by atoms with E-state index in [9.17, 15) is 0 Å². The Morgan fingerprint density at radius 2 is 2.57 bits per heavy atom. The Bertz CT molecular complexity index is 145. The van der Waals surface area contributed by atoms with Crippen LogP contribution in [0.3, 0.4) is 0 Å². The number of rotatable bonds is 0. The maximum absolute atomic E-state index is 5.34.